The van der Waals surface area contributed by atoms with Crippen molar-refractivity contribution >= 4 is 0 Å². The number of hydrogen-bond donors (Lipinski definition) is 1. The standard InChI is InChI=1S/C16H22F2O2/c1-2-11-7-9-12(10-8-11)15(19)13-5-3-4-6-14(13)20-16(17)18/h3-6,11-12,15-16,19H,2,7-10H2,1H3. The van der Waals surface area contributed by atoms with Gasteiger partial charge < -0.3 is 9.84 Å². The monoisotopic (exact) mass is 284 g/mol. The number of halogens is 2. The summed E-state index contributed by atoms with van der Waals surface area (Å²) in [5.74, 6) is 0.971. The van der Waals surface area contributed by atoms with Gasteiger partial charge in [-0.3, -0.25) is 0 Å². The summed E-state index contributed by atoms with van der Waals surface area (Å²) in [6.07, 6.45) is 4.56. The van der Waals surface area contributed by atoms with Crippen LogP contribution >= 0.6 is 0 Å². The molecule has 4 heteroatoms. The quantitative estimate of drug-likeness (QED) is 0.860. The SMILES string of the molecule is CCC1CCC(C(O)c2ccccc2OC(F)F)CC1. The maximum Gasteiger partial charge on any atom is 0.387 e. The van der Waals surface area contributed by atoms with Crippen molar-refractivity contribution in [1.82, 2.24) is 0 Å². The van der Waals surface area contributed by atoms with E-state index in [1.54, 1.807) is 18.2 Å². The molecule has 0 spiro atoms. The van der Waals surface area contributed by atoms with Crippen molar-refractivity contribution in [3.05, 3.63) is 29.8 Å². The summed E-state index contributed by atoms with van der Waals surface area (Å²) < 4.78 is 29.3. The Morgan fingerprint density at radius 2 is 1.85 bits per heavy atom. The lowest BCUT2D eigenvalue weighted by Gasteiger charge is -2.31. The third kappa shape index (κ3) is 3.69. The van der Waals surface area contributed by atoms with Crippen molar-refractivity contribution in [2.24, 2.45) is 11.8 Å². The number of hydrogen-bond acceptors (Lipinski definition) is 2. The van der Waals surface area contributed by atoms with Crippen LogP contribution in [0.3, 0.4) is 0 Å². The van der Waals surface area contributed by atoms with Crippen molar-refractivity contribution in [2.45, 2.75) is 51.7 Å². The molecular formula is C16H22F2O2. The number of aliphatic hydroxyl groups is 1. The number of benzene rings is 1. The molecule has 0 amide bonds. The highest BCUT2D eigenvalue weighted by Gasteiger charge is 2.28. The van der Waals surface area contributed by atoms with Gasteiger partial charge in [0.1, 0.15) is 5.75 Å². The van der Waals surface area contributed by atoms with Crippen molar-refractivity contribution in [3.8, 4) is 5.75 Å². The first kappa shape index (κ1) is 15.2. The molecule has 1 atom stereocenters. The molecule has 0 bridgehead atoms. The van der Waals surface area contributed by atoms with Crippen LogP contribution in [-0.4, -0.2) is 11.7 Å². The smallest absolute Gasteiger partial charge is 0.387 e. The zero-order chi connectivity index (χ0) is 14.5. The number of rotatable bonds is 5. The van der Waals surface area contributed by atoms with Gasteiger partial charge in [0.2, 0.25) is 0 Å². The summed E-state index contributed by atoms with van der Waals surface area (Å²) in [6, 6.07) is 6.55. The van der Waals surface area contributed by atoms with Gasteiger partial charge in [0, 0.05) is 5.56 Å². The molecule has 0 aromatic heterocycles. The number of para-hydroxylation sites is 1. The van der Waals surface area contributed by atoms with Gasteiger partial charge >= 0.3 is 6.61 Å². The Labute approximate surface area is 118 Å². The van der Waals surface area contributed by atoms with Crippen LogP contribution in [-0.2, 0) is 0 Å². The summed E-state index contributed by atoms with van der Waals surface area (Å²) in [4.78, 5) is 0. The van der Waals surface area contributed by atoms with E-state index in [1.165, 1.54) is 12.5 Å². The van der Waals surface area contributed by atoms with E-state index in [-0.39, 0.29) is 11.7 Å². The molecule has 2 nitrogen and oxygen atoms in total. The molecule has 112 valence electrons. The molecule has 20 heavy (non-hydrogen) atoms. The van der Waals surface area contributed by atoms with Gasteiger partial charge in [-0.1, -0.05) is 44.4 Å². The molecular weight excluding hydrogens is 262 g/mol. The lowest BCUT2D eigenvalue weighted by molar-refractivity contribution is -0.0525. The van der Waals surface area contributed by atoms with E-state index >= 15 is 0 Å². The van der Waals surface area contributed by atoms with Gasteiger partial charge in [-0.15, -0.1) is 0 Å². The molecule has 1 aromatic carbocycles. The second kappa shape index (κ2) is 7.02. The van der Waals surface area contributed by atoms with Gasteiger partial charge in [-0.05, 0) is 30.7 Å². The van der Waals surface area contributed by atoms with Crippen LogP contribution in [0.2, 0.25) is 0 Å². The molecule has 0 saturated heterocycles. The van der Waals surface area contributed by atoms with Crippen molar-refractivity contribution < 1.29 is 18.6 Å². The van der Waals surface area contributed by atoms with Crippen LogP contribution < -0.4 is 4.74 Å². The minimum absolute atomic E-state index is 0.0904. The molecule has 1 aliphatic rings. The molecule has 1 saturated carbocycles. The zero-order valence-electron chi connectivity index (χ0n) is 11.8. The highest BCUT2D eigenvalue weighted by Crippen LogP contribution is 2.40. The molecule has 1 aromatic rings. The molecule has 0 radical (unpaired) electrons. The normalized spacial score (nSPS) is 24.6. The Kier molecular flexibility index (Phi) is 5.35. The zero-order valence-corrected chi connectivity index (χ0v) is 11.8. The third-order valence-electron chi connectivity index (χ3n) is 4.37. The summed E-state index contributed by atoms with van der Waals surface area (Å²) in [5, 5.41) is 10.5. The predicted octanol–water partition coefficient (Wildman–Crippen LogP) is 4.54. The Bertz CT molecular complexity index is 415. The highest BCUT2D eigenvalue weighted by molar-refractivity contribution is 5.35. The maximum atomic E-state index is 12.4. The fourth-order valence-electron chi connectivity index (χ4n) is 3.09. The predicted molar refractivity (Wildman–Crippen MR) is 73.8 cm³/mol. The van der Waals surface area contributed by atoms with Crippen molar-refractivity contribution in [2.75, 3.05) is 0 Å². The van der Waals surface area contributed by atoms with Gasteiger partial charge in [-0.25, -0.2) is 0 Å². The summed E-state index contributed by atoms with van der Waals surface area (Å²) in [5.41, 5.74) is 0.479. The molecule has 1 unspecified atom stereocenters. The van der Waals surface area contributed by atoms with Crippen molar-refractivity contribution in [3.63, 3.8) is 0 Å². The first-order chi connectivity index (χ1) is 9.61. The molecule has 2 rings (SSSR count). The van der Waals surface area contributed by atoms with E-state index in [9.17, 15) is 13.9 Å². The number of aliphatic hydroxyl groups excluding tert-OH is 1. The minimum Gasteiger partial charge on any atom is -0.434 e. The van der Waals surface area contributed by atoms with E-state index in [1.807, 2.05) is 0 Å². The average molecular weight is 284 g/mol. The molecule has 1 aliphatic carbocycles. The maximum absolute atomic E-state index is 12.4. The van der Waals surface area contributed by atoms with E-state index in [2.05, 4.69) is 11.7 Å². The van der Waals surface area contributed by atoms with Crippen LogP contribution in [0.5, 0.6) is 5.75 Å². The first-order valence-electron chi connectivity index (χ1n) is 7.33. The fourth-order valence-corrected chi connectivity index (χ4v) is 3.09. The van der Waals surface area contributed by atoms with Gasteiger partial charge in [0.15, 0.2) is 0 Å². The fraction of sp³-hybridized carbons (Fsp3) is 0.625. The Balaban J connectivity index is 2.07. The molecule has 1 N–H and O–H groups in total. The Morgan fingerprint density at radius 1 is 1.20 bits per heavy atom. The summed E-state index contributed by atoms with van der Waals surface area (Å²) in [7, 11) is 0. The lowest BCUT2D eigenvalue weighted by atomic mass is 9.77. The molecule has 1 fully saturated rings. The second-order valence-electron chi connectivity index (χ2n) is 5.55. The second-order valence-corrected chi connectivity index (χ2v) is 5.55. The van der Waals surface area contributed by atoms with Gasteiger partial charge in [-0.2, -0.15) is 8.78 Å². The topological polar surface area (TPSA) is 29.5 Å². The Hall–Kier alpha value is -1.16. The minimum atomic E-state index is -2.86. The largest absolute Gasteiger partial charge is 0.434 e. The van der Waals surface area contributed by atoms with Crippen LogP contribution in [0, 0.1) is 11.8 Å². The van der Waals surface area contributed by atoms with Crippen LogP contribution in [0.4, 0.5) is 8.78 Å². The number of alkyl halides is 2. The lowest BCUT2D eigenvalue weighted by Crippen LogP contribution is -2.21. The summed E-state index contributed by atoms with van der Waals surface area (Å²) >= 11 is 0. The molecule has 0 heterocycles. The number of ether oxygens (including phenoxy) is 1. The summed E-state index contributed by atoms with van der Waals surface area (Å²) in [6.45, 7) is -0.674. The van der Waals surface area contributed by atoms with E-state index in [4.69, 9.17) is 0 Å². The van der Waals surface area contributed by atoms with Crippen LogP contribution in [0.15, 0.2) is 24.3 Å². The van der Waals surface area contributed by atoms with E-state index in [0.717, 1.165) is 31.6 Å². The first-order valence-corrected chi connectivity index (χ1v) is 7.33. The molecule has 0 aliphatic heterocycles. The average Bonchev–Trinajstić information content (AvgIpc) is 2.46. The van der Waals surface area contributed by atoms with E-state index in [0.29, 0.717) is 5.56 Å². The Morgan fingerprint density at radius 3 is 2.45 bits per heavy atom. The third-order valence-corrected chi connectivity index (χ3v) is 4.37. The van der Waals surface area contributed by atoms with Gasteiger partial charge in [0.05, 0.1) is 6.10 Å². The van der Waals surface area contributed by atoms with Crippen LogP contribution in [0.1, 0.15) is 50.7 Å². The van der Waals surface area contributed by atoms with Crippen LogP contribution in [0.25, 0.3) is 0 Å². The van der Waals surface area contributed by atoms with Crippen molar-refractivity contribution in [1.29, 1.82) is 0 Å². The van der Waals surface area contributed by atoms with Gasteiger partial charge in [0.25, 0.3) is 0 Å². The highest BCUT2D eigenvalue weighted by atomic mass is 19.3. The van der Waals surface area contributed by atoms with E-state index < -0.39 is 12.7 Å².